The van der Waals surface area contributed by atoms with Crippen LogP contribution in [0.15, 0.2) is 46.4 Å². The highest BCUT2D eigenvalue weighted by atomic mass is 16.5. The number of hydrogen-bond acceptors (Lipinski definition) is 7. The second kappa shape index (κ2) is 7.88. The zero-order valence-corrected chi connectivity index (χ0v) is 18.5. The first kappa shape index (κ1) is 20.4. The standard InChI is InChI=1S/C25H26N4O3/c1-15-4-6-20-22(12-15)32-24(27-20)16-8-10-29(11-9-16)23-18-13-17(31-3)5-7-21(18)28(2)25(30)19(23)14-26/h4-7,12-13,16,25,30H,8-11H2,1-3H3. The number of oxazole rings is 1. The van der Waals surface area contributed by atoms with Gasteiger partial charge in [-0.2, -0.15) is 5.26 Å². The predicted molar refractivity (Wildman–Crippen MR) is 122 cm³/mol. The maximum Gasteiger partial charge on any atom is 0.198 e. The van der Waals surface area contributed by atoms with E-state index in [1.165, 1.54) is 0 Å². The summed E-state index contributed by atoms with van der Waals surface area (Å²) < 4.78 is 11.5. The quantitative estimate of drug-likeness (QED) is 0.671. The number of aryl methyl sites for hydroxylation is 1. The van der Waals surface area contributed by atoms with Crippen molar-refractivity contribution in [1.29, 1.82) is 5.26 Å². The summed E-state index contributed by atoms with van der Waals surface area (Å²) in [5.41, 5.74) is 5.81. The number of ether oxygens (including phenoxy) is 1. The molecule has 1 unspecified atom stereocenters. The topological polar surface area (TPSA) is 85.8 Å². The molecule has 2 aliphatic rings. The molecule has 1 N–H and O–H groups in total. The van der Waals surface area contributed by atoms with Gasteiger partial charge in [0.15, 0.2) is 17.7 Å². The predicted octanol–water partition coefficient (Wildman–Crippen LogP) is 4.03. The molecule has 1 saturated heterocycles. The van der Waals surface area contributed by atoms with Crippen molar-refractivity contribution in [1.82, 2.24) is 9.88 Å². The summed E-state index contributed by atoms with van der Waals surface area (Å²) in [5, 5.41) is 20.7. The van der Waals surface area contributed by atoms with E-state index in [2.05, 4.69) is 11.0 Å². The molecular weight excluding hydrogens is 404 g/mol. The van der Waals surface area contributed by atoms with Crippen molar-refractivity contribution in [2.24, 2.45) is 0 Å². The molecule has 0 saturated carbocycles. The molecule has 7 heteroatoms. The summed E-state index contributed by atoms with van der Waals surface area (Å²) in [6.07, 6.45) is 0.743. The van der Waals surface area contributed by atoms with Gasteiger partial charge < -0.3 is 24.1 Å². The van der Waals surface area contributed by atoms with Crippen LogP contribution in [-0.4, -0.2) is 48.5 Å². The zero-order valence-electron chi connectivity index (χ0n) is 18.5. The number of fused-ring (bicyclic) bond motifs is 2. The van der Waals surface area contributed by atoms with E-state index >= 15 is 0 Å². The average molecular weight is 431 g/mol. The Hall–Kier alpha value is -3.50. The SMILES string of the molecule is COc1ccc2c(c1)C(N1CCC(c3nc4ccc(C)cc4o3)CC1)=C(C#N)C(O)N2C. The van der Waals surface area contributed by atoms with Crippen LogP contribution in [-0.2, 0) is 0 Å². The number of likely N-dealkylation sites (N-methyl/N-ethyl adjacent to an activating group) is 1. The molecule has 0 radical (unpaired) electrons. The summed E-state index contributed by atoms with van der Waals surface area (Å²) >= 11 is 0. The van der Waals surface area contributed by atoms with Gasteiger partial charge in [0.2, 0.25) is 0 Å². The van der Waals surface area contributed by atoms with E-state index in [1.54, 1.807) is 19.1 Å². The van der Waals surface area contributed by atoms with Crippen LogP contribution in [0.3, 0.4) is 0 Å². The second-order valence-electron chi connectivity index (χ2n) is 8.53. The molecule has 1 aromatic heterocycles. The van der Waals surface area contributed by atoms with E-state index < -0.39 is 6.23 Å². The van der Waals surface area contributed by atoms with Gasteiger partial charge in [-0.1, -0.05) is 6.07 Å². The van der Waals surface area contributed by atoms with E-state index in [4.69, 9.17) is 14.1 Å². The molecule has 0 aliphatic carbocycles. The summed E-state index contributed by atoms with van der Waals surface area (Å²) in [4.78, 5) is 8.64. The maximum absolute atomic E-state index is 10.8. The van der Waals surface area contributed by atoms with Crippen LogP contribution in [0.5, 0.6) is 5.75 Å². The lowest BCUT2D eigenvalue weighted by atomic mass is 9.92. The van der Waals surface area contributed by atoms with Crippen molar-refractivity contribution in [3.63, 3.8) is 0 Å². The van der Waals surface area contributed by atoms with Crippen LogP contribution in [0.1, 0.15) is 35.8 Å². The average Bonchev–Trinajstić information content (AvgIpc) is 3.24. The van der Waals surface area contributed by atoms with Gasteiger partial charge in [0.05, 0.1) is 12.8 Å². The first-order valence-corrected chi connectivity index (χ1v) is 10.9. The Morgan fingerprint density at radius 1 is 1.19 bits per heavy atom. The zero-order chi connectivity index (χ0) is 22.4. The molecule has 3 aromatic rings. The van der Waals surface area contributed by atoms with E-state index in [0.717, 1.165) is 71.2 Å². The highest BCUT2D eigenvalue weighted by Gasteiger charge is 2.35. The van der Waals surface area contributed by atoms with Crippen LogP contribution in [0.2, 0.25) is 0 Å². The van der Waals surface area contributed by atoms with Crippen molar-refractivity contribution in [2.75, 3.05) is 32.1 Å². The Morgan fingerprint density at radius 3 is 2.69 bits per heavy atom. The summed E-state index contributed by atoms with van der Waals surface area (Å²) in [5.74, 6) is 1.73. The third-order valence-corrected chi connectivity index (χ3v) is 6.56. The van der Waals surface area contributed by atoms with Gasteiger partial charge in [-0.25, -0.2) is 4.98 Å². The molecule has 2 aromatic carbocycles. The van der Waals surface area contributed by atoms with E-state index in [-0.39, 0.29) is 5.92 Å². The van der Waals surface area contributed by atoms with Crippen LogP contribution in [0, 0.1) is 18.3 Å². The van der Waals surface area contributed by atoms with Crippen molar-refractivity contribution < 1.29 is 14.3 Å². The highest BCUT2D eigenvalue weighted by molar-refractivity contribution is 5.85. The summed E-state index contributed by atoms with van der Waals surface area (Å²) in [6, 6.07) is 14.1. The Balaban J connectivity index is 1.45. The summed E-state index contributed by atoms with van der Waals surface area (Å²) in [6.45, 7) is 3.54. The minimum atomic E-state index is -0.978. The number of rotatable bonds is 3. The first-order chi connectivity index (χ1) is 15.5. The molecular formula is C25H26N4O3. The Labute approximate surface area is 187 Å². The minimum Gasteiger partial charge on any atom is -0.497 e. The number of nitrogens with zero attached hydrogens (tertiary/aromatic N) is 4. The number of aromatic nitrogens is 1. The molecule has 0 spiro atoms. The number of benzene rings is 2. The summed E-state index contributed by atoms with van der Waals surface area (Å²) in [7, 11) is 3.43. The van der Waals surface area contributed by atoms with Gasteiger partial charge in [0.25, 0.3) is 0 Å². The molecule has 1 atom stereocenters. The number of methoxy groups -OCH3 is 1. The van der Waals surface area contributed by atoms with E-state index in [0.29, 0.717) is 5.57 Å². The molecule has 3 heterocycles. The molecule has 2 aliphatic heterocycles. The third-order valence-electron chi connectivity index (χ3n) is 6.56. The normalized spacial score (nSPS) is 19.3. The Kier molecular flexibility index (Phi) is 5.03. The van der Waals surface area contributed by atoms with Crippen LogP contribution >= 0.6 is 0 Å². The van der Waals surface area contributed by atoms with E-state index in [1.807, 2.05) is 43.3 Å². The lowest BCUT2D eigenvalue weighted by Gasteiger charge is -2.41. The maximum atomic E-state index is 10.8. The fourth-order valence-electron chi connectivity index (χ4n) is 4.76. The van der Waals surface area contributed by atoms with Crippen molar-refractivity contribution in [3.8, 4) is 11.8 Å². The van der Waals surface area contributed by atoms with Gasteiger partial charge in [0.1, 0.15) is 22.9 Å². The van der Waals surface area contributed by atoms with Crippen molar-refractivity contribution >= 4 is 22.5 Å². The fourth-order valence-corrected chi connectivity index (χ4v) is 4.76. The number of likely N-dealkylation sites (tertiary alicyclic amines) is 1. The lowest BCUT2D eigenvalue weighted by Crippen LogP contribution is -2.41. The number of anilines is 1. The largest absolute Gasteiger partial charge is 0.497 e. The molecule has 5 rings (SSSR count). The first-order valence-electron chi connectivity index (χ1n) is 10.9. The number of nitriles is 1. The molecule has 32 heavy (non-hydrogen) atoms. The number of hydrogen-bond donors (Lipinski definition) is 1. The number of aliphatic hydroxyl groups is 1. The Bertz CT molecular complexity index is 1250. The van der Waals surface area contributed by atoms with Gasteiger partial charge in [-0.3, -0.25) is 0 Å². The number of aliphatic hydroxyl groups excluding tert-OH is 1. The van der Waals surface area contributed by atoms with Gasteiger partial charge in [-0.05, 0) is 55.7 Å². The lowest BCUT2D eigenvalue weighted by molar-refractivity contribution is 0.208. The van der Waals surface area contributed by atoms with Gasteiger partial charge in [0, 0.05) is 37.3 Å². The third kappa shape index (κ3) is 3.28. The monoisotopic (exact) mass is 430 g/mol. The van der Waals surface area contributed by atoms with Crippen molar-refractivity contribution in [3.05, 3.63) is 59.0 Å². The highest BCUT2D eigenvalue weighted by Crippen LogP contribution is 2.42. The van der Waals surface area contributed by atoms with Crippen molar-refractivity contribution in [2.45, 2.75) is 31.9 Å². The molecule has 164 valence electrons. The second-order valence-corrected chi connectivity index (χ2v) is 8.53. The van der Waals surface area contributed by atoms with Crippen LogP contribution in [0.4, 0.5) is 5.69 Å². The number of piperidine rings is 1. The Morgan fingerprint density at radius 2 is 1.97 bits per heavy atom. The molecule has 1 fully saturated rings. The van der Waals surface area contributed by atoms with E-state index in [9.17, 15) is 10.4 Å². The smallest absolute Gasteiger partial charge is 0.198 e. The van der Waals surface area contributed by atoms with Crippen LogP contribution in [0.25, 0.3) is 16.8 Å². The van der Waals surface area contributed by atoms with Gasteiger partial charge in [-0.15, -0.1) is 0 Å². The van der Waals surface area contributed by atoms with Gasteiger partial charge >= 0.3 is 0 Å². The fraction of sp³-hybridized carbons (Fsp3) is 0.360. The van der Waals surface area contributed by atoms with Crippen LogP contribution < -0.4 is 9.64 Å². The minimum absolute atomic E-state index is 0.228. The molecule has 7 nitrogen and oxygen atoms in total. The molecule has 0 amide bonds. The molecule has 0 bridgehead atoms.